The summed E-state index contributed by atoms with van der Waals surface area (Å²) in [5.41, 5.74) is 2.52. The molecule has 0 radical (unpaired) electrons. The molecular weight excluding hydrogens is 282 g/mol. The molecule has 0 aromatic heterocycles. The Kier molecular flexibility index (Phi) is 4.20. The average Bonchev–Trinajstić information content (AvgIpc) is 2.25. The molecule has 1 aromatic carbocycles. The monoisotopic (exact) mass is 299 g/mol. The van der Waals surface area contributed by atoms with E-state index in [-0.39, 0.29) is 0 Å². The predicted octanol–water partition coefficient (Wildman–Crippen LogP) is 4.45. The zero-order valence-corrected chi connectivity index (χ0v) is 12.2. The summed E-state index contributed by atoms with van der Waals surface area (Å²) in [5, 5.41) is 4.37. The van der Waals surface area contributed by atoms with Crippen LogP contribution in [0.25, 0.3) is 0 Å². The molecule has 0 bridgehead atoms. The van der Waals surface area contributed by atoms with E-state index in [9.17, 15) is 0 Å². The van der Waals surface area contributed by atoms with Crippen molar-refractivity contribution in [1.29, 1.82) is 0 Å². The van der Waals surface area contributed by atoms with Gasteiger partial charge in [-0.15, -0.1) is 0 Å². The summed E-state index contributed by atoms with van der Waals surface area (Å²) in [6.07, 6.45) is 2.62. The van der Waals surface area contributed by atoms with Gasteiger partial charge in [-0.25, -0.2) is 0 Å². The number of halogens is 1. The Bertz CT molecular complexity index is 367. The molecule has 2 rings (SSSR count). The number of nitrogens with one attached hydrogen (secondary N) is 1. The second-order valence-corrected chi connectivity index (χ2v) is 6.79. The Morgan fingerprint density at radius 1 is 1.44 bits per heavy atom. The maximum atomic E-state index is 3.66. The maximum absolute atomic E-state index is 3.66. The first kappa shape index (κ1) is 12.3. The van der Waals surface area contributed by atoms with E-state index in [1.54, 1.807) is 0 Å². The largest absolute Gasteiger partial charge is 0.380 e. The third-order valence-corrected chi connectivity index (χ3v) is 5.11. The highest BCUT2D eigenvalue weighted by atomic mass is 79.9. The summed E-state index contributed by atoms with van der Waals surface area (Å²) in [5.74, 6) is 1.31. The number of benzene rings is 1. The molecule has 16 heavy (non-hydrogen) atoms. The second kappa shape index (κ2) is 5.46. The summed E-state index contributed by atoms with van der Waals surface area (Å²) in [6, 6.07) is 7.11. The molecule has 0 aliphatic carbocycles. The second-order valence-electron chi connectivity index (χ2n) is 4.45. The van der Waals surface area contributed by atoms with Crippen molar-refractivity contribution in [2.45, 2.75) is 38.0 Å². The van der Waals surface area contributed by atoms with E-state index in [1.165, 1.54) is 34.3 Å². The lowest BCUT2D eigenvalue weighted by atomic mass is 10.1. The minimum absolute atomic E-state index is 0.609. The van der Waals surface area contributed by atoms with Gasteiger partial charge in [-0.1, -0.05) is 13.0 Å². The predicted molar refractivity (Wildman–Crippen MR) is 77.4 cm³/mol. The first-order valence-corrected chi connectivity index (χ1v) is 7.65. The normalized spacial score (nSPS) is 25.4. The Morgan fingerprint density at radius 2 is 2.25 bits per heavy atom. The standard InChI is InChI=1S/C13H18BrNS/c1-9-5-6-13(11(14)8-9)15-12-4-3-7-16-10(12)2/h5-6,8,10,12,15H,3-4,7H2,1-2H3. The van der Waals surface area contributed by atoms with E-state index >= 15 is 0 Å². The number of hydrogen-bond acceptors (Lipinski definition) is 2. The van der Waals surface area contributed by atoms with E-state index in [1.807, 2.05) is 0 Å². The third-order valence-electron chi connectivity index (χ3n) is 3.07. The quantitative estimate of drug-likeness (QED) is 0.866. The molecule has 88 valence electrons. The number of rotatable bonds is 2. The van der Waals surface area contributed by atoms with Crippen molar-refractivity contribution in [2.75, 3.05) is 11.1 Å². The summed E-state index contributed by atoms with van der Waals surface area (Å²) >= 11 is 5.70. The number of hydrogen-bond donors (Lipinski definition) is 1. The van der Waals surface area contributed by atoms with Gasteiger partial charge in [0.25, 0.3) is 0 Å². The molecule has 1 aliphatic heterocycles. The van der Waals surface area contributed by atoms with Gasteiger partial charge in [-0.3, -0.25) is 0 Å². The zero-order valence-electron chi connectivity index (χ0n) is 9.79. The van der Waals surface area contributed by atoms with E-state index in [0.29, 0.717) is 11.3 Å². The maximum Gasteiger partial charge on any atom is 0.0487 e. The van der Waals surface area contributed by atoms with Gasteiger partial charge in [0.15, 0.2) is 0 Å². The summed E-state index contributed by atoms with van der Waals surface area (Å²) in [7, 11) is 0. The van der Waals surface area contributed by atoms with Gasteiger partial charge >= 0.3 is 0 Å². The van der Waals surface area contributed by atoms with Crippen molar-refractivity contribution < 1.29 is 0 Å². The van der Waals surface area contributed by atoms with Crippen LogP contribution in [0.15, 0.2) is 22.7 Å². The highest BCUT2D eigenvalue weighted by molar-refractivity contribution is 9.10. The first-order chi connectivity index (χ1) is 7.66. The average molecular weight is 300 g/mol. The number of aryl methyl sites for hydroxylation is 1. The fourth-order valence-electron chi connectivity index (χ4n) is 2.05. The van der Waals surface area contributed by atoms with Crippen LogP contribution in [0.4, 0.5) is 5.69 Å². The van der Waals surface area contributed by atoms with Crippen molar-refractivity contribution in [3.63, 3.8) is 0 Å². The van der Waals surface area contributed by atoms with Gasteiger partial charge in [0.1, 0.15) is 0 Å². The van der Waals surface area contributed by atoms with Crippen LogP contribution in [-0.2, 0) is 0 Å². The first-order valence-electron chi connectivity index (χ1n) is 5.81. The smallest absolute Gasteiger partial charge is 0.0487 e. The molecule has 1 aliphatic rings. The highest BCUT2D eigenvalue weighted by Crippen LogP contribution is 2.30. The molecular formula is C13H18BrNS. The fraction of sp³-hybridized carbons (Fsp3) is 0.538. The van der Waals surface area contributed by atoms with Crippen LogP contribution >= 0.6 is 27.7 Å². The Balaban J connectivity index is 2.07. The van der Waals surface area contributed by atoms with Crippen LogP contribution in [0.5, 0.6) is 0 Å². The Morgan fingerprint density at radius 3 is 2.94 bits per heavy atom. The number of thioether (sulfide) groups is 1. The van der Waals surface area contributed by atoms with E-state index in [4.69, 9.17) is 0 Å². The van der Waals surface area contributed by atoms with Crippen molar-refractivity contribution in [3.05, 3.63) is 28.2 Å². The van der Waals surface area contributed by atoms with Crippen LogP contribution in [0.1, 0.15) is 25.3 Å². The fourth-order valence-corrected chi connectivity index (χ4v) is 3.80. The van der Waals surface area contributed by atoms with Gasteiger partial charge in [0.05, 0.1) is 0 Å². The highest BCUT2D eigenvalue weighted by Gasteiger charge is 2.21. The van der Waals surface area contributed by atoms with Crippen LogP contribution in [0.2, 0.25) is 0 Å². The lowest BCUT2D eigenvalue weighted by molar-refractivity contribution is 0.617. The molecule has 3 heteroatoms. The van der Waals surface area contributed by atoms with Gasteiger partial charge in [0, 0.05) is 21.5 Å². The molecule has 1 N–H and O–H groups in total. The van der Waals surface area contributed by atoms with E-state index < -0.39 is 0 Å². The molecule has 0 spiro atoms. The molecule has 2 unspecified atom stereocenters. The Labute approximate surface area is 111 Å². The van der Waals surface area contributed by atoms with Gasteiger partial charge in [-0.2, -0.15) is 11.8 Å². The van der Waals surface area contributed by atoms with Crippen molar-refractivity contribution in [3.8, 4) is 0 Å². The number of anilines is 1. The molecule has 0 saturated carbocycles. The van der Waals surface area contributed by atoms with Crippen LogP contribution in [0.3, 0.4) is 0 Å². The minimum atomic E-state index is 0.609. The molecule has 0 amide bonds. The van der Waals surface area contributed by atoms with Crippen LogP contribution < -0.4 is 5.32 Å². The molecule has 1 nitrogen and oxygen atoms in total. The Hall–Kier alpha value is -0.150. The van der Waals surface area contributed by atoms with Crippen LogP contribution in [0, 0.1) is 6.92 Å². The zero-order chi connectivity index (χ0) is 11.5. The van der Waals surface area contributed by atoms with Gasteiger partial charge in [0.2, 0.25) is 0 Å². The molecule has 2 atom stereocenters. The van der Waals surface area contributed by atoms with Crippen molar-refractivity contribution in [1.82, 2.24) is 0 Å². The topological polar surface area (TPSA) is 12.0 Å². The van der Waals surface area contributed by atoms with E-state index in [2.05, 4.69) is 65.1 Å². The lowest BCUT2D eigenvalue weighted by Gasteiger charge is -2.30. The van der Waals surface area contributed by atoms with Crippen molar-refractivity contribution >= 4 is 33.4 Å². The molecule has 1 fully saturated rings. The molecule has 1 aromatic rings. The minimum Gasteiger partial charge on any atom is -0.380 e. The van der Waals surface area contributed by atoms with Gasteiger partial charge < -0.3 is 5.32 Å². The lowest BCUT2D eigenvalue weighted by Crippen LogP contribution is -2.32. The summed E-state index contributed by atoms with van der Waals surface area (Å²) in [6.45, 7) is 4.44. The summed E-state index contributed by atoms with van der Waals surface area (Å²) < 4.78 is 1.18. The van der Waals surface area contributed by atoms with Crippen LogP contribution in [-0.4, -0.2) is 17.0 Å². The molecule has 1 saturated heterocycles. The van der Waals surface area contributed by atoms with Crippen molar-refractivity contribution in [2.24, 2.45) is 0 Å². The SMILES string of the molecule is Cc1ccc(NC2CCCSC2C)c(Br)c1. The van der Waals surface area contributed by atoms with Gasteiger partial charge in [-0.05, 0) is 59.1 Å². The van der Waals surface area contributed by atoms with E-state index in [0.717, 1.165) is 0 Å². The molecule has 1 heterocycles. The summed E-state index contributed by atoms with van der Waals surface area (Å²) in [4.78, 5) is 0. The third kappa shape index (κ3) is 2.95.